The third kappa shape index (κ3) is 2.06. The van der Waals surface area contributed by atoms with Crippen molar-refractivity contribution in [2.24, 2.45) is 5.73 Å². The zero-order valence-electron chi connectivity index (χ0n) is 8.05. The lowest BCUT2D eigenvalue weighted by molar-refractivity contribution is 0.387. The van der Waals surface area contributed by atoms with Crippen molar-refractivity contribution in [2.75, 3.05) is 11.9 Å². The van der Waals surface area contributed by atoms with Gasteiger partial charge in [-0.1, -0.05) is 6.07 Å². The normalized spacial score (nSPS) is 20.6. The van der Waals surface area contributed by atoms with Crippen LogP contribution in [0.25, 0.3) is 0 Å². The second-order valence-electron chi connectivity index (χ2n) is 3.64. The molecule has 1 aliphatic heterocycles. The van der Waals surface area contributed by atoms with Gasteiger partial charge in [-0.3, -0.25) is 4.57 Å². The summed E-state index contributed by atoms with van der Waals surface area (Å²) in [5.41, 5.74) is 7.52. The molecule has 0 aliphatic carbocycles. The van der Waals surface area contributed by atoms with E-state index in [-0.39, 0.29) is 11.3 Å². The largest absolute Gasteiger partial charge is 0.385 e. The average Bonchev–Trinajstić information content (AvgIpc) is 2.16. The Bertz CT molecular complexity index is 429. The highest BCUT2D eigenvalue weighted by Crippen LogP contribution is 2.36. The van der Waals surface area contributed by atoms with Crippen molar-refractivity contribution in [1.29, 1.82) is 0 Å². The van der Waals surface area contributed by atoms with Crippen LogP contribution in [0.1, 0.15) is 18.0 Å². The summed E-state index contributed by atoms with van der Waals surface area (Å²) in [5, 5.41) is 3.11. The molecule has 0 radical (unpaired) electrons. The molecule has 0 aromatic heterocycles. The van der Waals surface area contributed by atoms with Crippen molar-refractivity contribution in [3.63, 3.8) is 0 Å². The Balaban J connectivity index is 2.46. The van der Waals surface area contributed by atoms with Crippen LogP contribution in [0.5, 0.6) is 0 Å². The SMILES string of the molecule is NC1CCNc2cc(P(=O)(O)O)ccc21. The van der Waals surface area contributed by atoms with Crippen LogP contribution in [0.15, 0.2) is 18.2 Å². The predicted molar refractivity (Wildman–Crippen MR) is 58.2 cm³/mol. The third-order valence-electron chi connectivity index (χ3n) is 2.54. The molecular formula is C9H13N2O3P. The number of hydrogen-bond donors (Lipinski definition) is 4. The molecule has 1 heterocycles. The molecule has 0 spiro atoms. The van der Waals surface area contributed by atoms with Gasteiger partial charge in [0.2, 0.25) is 0 Å². The van der Waals surface area contributed by atoms with Crippen LogP contribution in [0.4, 0.5) is 5.69 Å². The van der Waals surface area contributed by atoms with E-state index in [4.69, 9.17) is 15.5 Å². The fraction of sp³-hybridized carbons (Fsp3) is 0.333. The van der Waals surface area contributed by atoms with Gasteiger partial charge in [0.25, 0.3) is 0 Å². The molecule has 82 valence electrons. The van der Waals surface area contributed by atoms with Crippen LogP contribution in [0.2, 0.25) is 0 Å². The highest BCUT2D eigenvalue weighted by Gasteiger charge is 2.22. The first-order valence-corrected chi connectivity index (χ1v) is 6.29. The molecule has 0 saturated heterocycles. The van der Waals surface area contributed by atoms with Gasteiger partial charge in [-0.25, -0.2) is 0 Å². The van der Waals surface area contributed by atoms with E-state index in [1.165, 1.54) is 12.1 Å². The van der Waals surface area contributed by atoms with Crippen molar-refractivity contribution in [3.05, 3.63) is 23.8 Å². The molecule has 1 aromatic rings. The number of anilines is 1. The first-order chi connectivity index (χ1) is 6.98. The second kappa shape index (κ2) is 3.61. The van der Waals surface area contributed by atoms with E-state index in [9.17, 15) is 4.57 Å². The molecule has 0 bridgehead atoms. The number of fused-ring (bicyclic) bond motifs is 1. The summed E-state index contributed by atoms with van der Waals surface area (Å²) in [6.45, 7) is 0.735. The summed E-state index contributed by atoms with van der Waals surface area (Å²) in [4.78, 5) is 18.0. The van der Waals surface area contributed by atoms with Crippen molar-refractivity contribution in [1.82, 2.24) is 0 Å². The van der Waals surface area contributed by atoms with Gasteiger partial charge < -0.3 is 20.8 Å². The monoisotopic (exact) mass is 228 g/mol. The Labute approximate surface area is 87.5 Å². The van der Waals surface area contributed by atoms with Crippen LogP contribution < -0.4 is 16.4 Å². The Morgan fingerprint density at radius 2 is 2.20 bits per heavy atom. The number of benzene rings is 1. The summed E-state index contributed by atoms with van der Waals surface area (Å²) < 4.78 is 11.0. The molecule has 5 nitrogen and oxygen atoms in total. The van der Waals surface area contributed by atoms with Crippen LogP contribution >= 0.6 is 7.60 Å². The number of rotatable bonds is 1. The lowest BCUT2D eigenvalue weighted by Crippen LogP contribution is -2.23. The zero-order chi connectivity index (χ0) is 11.1. The Hall–Kier alpha value is -0.870. The molecular weight excluding hydrogens is 215 g/mol. The van der Waals surface area contributed by atoms with Gasteiger partial charge in [-0.2, -0.15) is 0 Å². The maximum absolute atomic E-state index is 11.0. The van der Waals surface area contributed by atoms with Gasteiger partial charge in [-0.05, 0) is 24.1 Å². The van der Waals surface area contributed by atoms with Gasteiger partial charge in [0.1, 0.15) is 0 Å². The van der Waals surface area contributed by atoms with Crippen molar-refractivity contribution in [3.8, 4) is 0 Å². The minimum atomic E-state index is -4.16. The lowest BCUT2D eigenvalue weighted by Gasteiger charge is -2.24. The Morgan fingerprint density at radius 1 is 1.47 bits per heavy atom. The lowest BCUT2D eigenvalue weighted by atomic mass is 9.99. The second-order valence-corrected chi connectivity index (χ2v) is 5.24. The summed E-state index contributed by atoms with van der Waals surface area (Å²) in [6, 6.07) is 4.55. The van der Waals surface area contributed by atoms with E-state index in [0.29, 0.717) is 0 Å². The molecule has 1 aromatic carbocycles. The molecule has 1 unspecified atom stereocenters. The van der Waals surface area contributed by atoms with Gasteiger partial charge in [0.05, 0.1) is 5.30 Å². The summed E-state index contributed by atoms with van der Waals surface area (Å²) in [6.07, 6.45) is 0.836. The van der Waals surface area contributed by atoms with Gasteiger partial charge >= 0.3 is 7.60 Å². The standard InChI is InChI=1S/C9H13N2O3P/c10-8-3-4-11-9-5-6(15(12,13)14)1-2-7(8)9/h1-2,5,8,11H,3-4,10H2,(H2,12,13,14). The Morgan fingerprint density at radius 3 is 2.87 bits per heavy atom. The molecule has 15 heavy (non-hydrogen) atoms. The quantitative estimate of drug-likeness (QED) is 0.519. The van der Waals surface area contributed by atoms with Crippen molar-refractivity contribution in [2.45, 2.75) is 12.5 Å². The first kappa shape index (κ1) is 10.6. The highest BCUT2D eigenvalue weighted by molar-refractivity contribution is 7.60. The average molecular weight is 228 g/mol. The van der Waals surface area contributed by atoms with E-state index < -0.39 is 7.60 Å². The smallest absolute Gasteiger partial charge is 0.356 e. The summed E-state index contributed by atoms with van der Waals surface area (Å²) in [7, 11) is -4.16. The van der Waals surface area contributed by atoms with E-state index in [2.05, 4.69) is 5.32 Å². The molecule has 0 saturated carbocycles. The van der Waals surface area contributed by atoms with Gasteiger partial charge in [-0.15, -0.1) is 0 Å². The van der Waals surface area contributed by atoms with E-state index in [1.807, 2.05) is 0 Å². The topological polar surface area (TPSA) is 95.6 Å². The maximum atomic E-state index is 11.0. The van der Waals surface area contributed by atoms with Crippen LogP contribution in [0, 0.1) is 0 Å². The zero-order valence-corrected chi connectivity index (χ0v) is 8.95. The highest BCUT2D eigenvalue weighted by atomic mass is 31.2. The van der Waals surface area contributed by atoms with Gasteiger partial charge in [0, 0.05) is 18.3 Å². The number of hydrogen-bond acceptors (Lipinski definition) is 3. The first-order valence-electron chi connectivity index (χ1n) is 4.68. The maximum Gasteiger partial charge on any atom is 0.356 e. The summed E-state index contributed by atoms with van der Waals surface area (Å²) >= 11 is 0. The predicted octanol–water partition coefficient (Wildman–Crippen LogP) is 0.305. The minimum Gasteiger partial charge on any atom is -0.385 e. The van der Waals surface area contributed by atoms with Gasteiger partial charge in [0.15, 0.2) is 0 Å². The Kier molecular flexibility index (Phi) is 2.56. The van der Waals surface area contributed by atoms with Crippen LogP contribution in [-0.2, 0) is 4.57 Å². The molecule has 1 atom stereocenters. The number of nitrogens with one attached hydrogen (secondary N) is 1. The van der Waals surface area contributed by atoms with E-state index in [0.717, 1.165) is 24.2 Å². The van der Waals surface area contributed by atoms with E-state index >= 15 is 0 Å². The van der Waals surface area contributed by atoms with E-state index in [1.54, 1.807) is 6.07 Å². The molecule has 0 fully saturated rings. The number of nitrogens with two attached hydrogens (primary N) is 1. The fourth-order valence-electron chi connectivity index (χ4n) is 1.72. The summed E-state index contributed by atoms with van der Waals surface area (Å²) in [5.74, 6) is 0. The molecule has 5 N–H and O–H groups in total. The van der Waals surface area contributed by atoms with Crippen molar-refractivity contribution >= 4 is 18.6 Å². The molecule has 2 rings (SSSR count). The third-order valence-corrected chi connectivity index (χ3v) is 3.49. The molecule has 6 heteroatoms. The van der Waals surface area contributed by atoms with Crippen LogP contribution in [-0.4, -0.2) is 16.3 Å². The van der Waals surface area contributed by atoms with Crippen molar-refractivity contribution < 1.29 is 14.4 Å². The fourth-order valence-corrected chi connectivity index (χ4v) is 2.29. The van der Waals surface area contributed by atoms with Crippen LogP contribution in [0.3, 0.4) is 0 Å². The molecule has 1 aliphatic rings. The minimum absolute atomic E-state index is 0.0304. The molecule has 0 amide bonds.